The summed E-state index contributed by atoms with van der Waals surface area (Å²) in [5.41, 5.74) is 3.74. The van der Waals surface area contributed by atoms with Crippen LogP contribution in [0.2, 0.25) is 0 Å². The van der Waals surface area contributed by atoms with E-state index in [1.165, 1.54) is 6.20 Å². The fourth-order valence-corrected chi connectivity index (χ4v) is 1.45. The summed E-state index contributed by atoms with van der Waals surface area (Å²) >= 11 is 0. The van der Waals surface area contributed by atoms with Gasteiger partial charge in [-0.05, 0) is 29.8 Å². The normalized spacial score (nSPS) is 10.4. The second kappa shape index (κ2) is 6.30. The van der Waals surface area contributed by atoms with Crippen LogP contribution < -0.4 is 10.2 Å². The van der Waals surface area contributed by atoms with E-state index in [1.807, 2.05) is 24.3 Å². The van der Waals surface area contributed by atoms with E-state index in [1.54, 1.807) is 31.7 Å². The van der Waals surface area contributed by atoms with Gasteiger partial charge < -0.3 is 4.74 Å². The first-order valence-electron chi connectivity index (χ1n) is 5.67. The van der Waals surface area contributed by atoms with Gasteiger partial charge in [0.1, 0.15) is 5.75 Å². The van der Waals surface area contributed by atoms with Gasteiger partial charge in [0.15, 0.2) is 0 Å². The van der Waals surface area contributed by atoms with E-state index in [4.69, 9.17) is 4.74 Å². The van der Waals surface area contributed by atoms with Crippen LogP contribution in [-0.2, 0) is 0 Å². The molecule has 0 unspecified atom stereocenters. The number of hydrogen-bond acceptors (Lipinski definition) is 4. The highest BCUT2D eigenvalue weighted by Gasteiger charge is 2.02. The van der Waals surface area contributed by atoms with Crippen molar-refractivity contribution >= 4 is 12.1 Å². The number of methoxy groups -OCH3 is 1. The van der Waals surface area contributed by atoms with Crippen LogP contribution in [-0.4, -0.2) is 24.2 Å². The number of nitrogens with one attached hydrogen (secondary N) is 1. The molecule has 96 valence electrons. The number of ether oxygens (including phenoxy) is 1. The van der Waals surface area contributed by atoms with E-state index in [9.17, 15) is 4.79 Å². The molecule has 0 bridgehead atoms. The van der Waals surface area contributed by atoms with Crippen molar-refractivity contribution in [3.05, 3.63) is 59.9 Å². The molecule has 5 nitrogen and oxygen atoms in total. The summed E-state index contributed by atoms with van der Waals surface area (Å²) in [4.78, 5) is 15.5. The Morgan fingerprint density at radius 3 is 3.00 bits per heavy atom. The van der Waals surface area contributed by atoms with Gasteiger partial charge in [-0.3, -0.25) is 9.78 Å². The Morgan fingerprint density at radius 1 is 1.37 bits per heavy atom. The molecule has 0 radical (unpaired) electrons. The van der Waals surface area contributed by atoms with E-state index in [2.05, 4.69) is 15.5 Å². The van der Waals surface area contributed by atoms with Crippen molar-refractivity contribution in [3.8, 4) is 5.75 Å². The Hall–Kier alpha value is -2.69. The van der Waals surface area contributed by atoms with Crippen molar-refractivity contribution in [3.63, 3.8) is 0 Å². The zero-order valence-electron chi connectivity index (χ0n) is 10.4. The highest BCUT2D eigenvalue weighted by Crippen LogP contribution is 2.10. The molecule has 1 heterocycles. The molecule has 1 aromatic heterocycles. The first kappa shape index (κ1) is 12.8. The molecular formula is C14H13N3O2. The number of hydrazone groups is 1. The van der Waals surface area contributed by atoms with Gasteiger partial charge in [-0.2, -0.15) is 5.10 Å². The van der Waals surface area contributed by atoms with Crippen molar-refractivity contribution in [1.29, 1.82) is 0 Å². The van der Waals surface area contributed by atoms with Crippen LogP contribution >= 0.6 is 0 Å². The molecular weight excluding hydrogens is 242 g/mol. The highest BCUT2D eigenvalue weighted by molar-refractivity contribution is 5.94. The van der Waals surface area contributed by atoms with Gasteiger partial charge in [0, 0.05) is 12.4 Å². The van der Waals surface area contributed by atoms with Crippen LogP contribution in [0.1, 0.15) is 15.9 Å². The molecule has 5 heteroatoms. The maximum atomic E-state index is 11.7. The maximum absolute atomic E-state index is 11.7. The first-order valence-corrected chi connectivity index (χ1v) is 5.67. The number of nitrogens with zero attached hydrogens (tertiary/aromatic N) is 2. The molecule has 0 saturated carbocycles. The second-order valence-electron chi connectivity index (χ2n) is 3.72. The highest BCUT2D eigenvalue weighted by atomic mass is 16.5. The van der Waals surface area contributed by atoms with Crippen LogP contribution in [0.15, 0.2) is 53.9 Å². The lowest BCUT2D eigenvalue weighted by atomic mass is 10.2. The Balaban J connectivity index is 1.98. The summed E-state index contributed by atoms with van der Waals surface area (Å²) in [5.74, 6) is 0.440. The zero-order valence-corrected chi connectivity index (χ0v) is 10.4. The largest absolute Gasteiger partial charge is 0.497 e. The van der Waals surface area contributed by atoms with Gasteiger partial charge in [-0.25, -0.2) is 5.43 Å². The van der Waals surface area contributed by atoms with Crippen LogP contribution in [0.3, 0.4) is 0 Å². The number of hydrogen-bond donors (Lipinski definition) is 1. The number of aromatic nitrogens is 1. The van der Waals surface area contributed by atoms with Gasteiger partial charge in [-0.15, -0.1) is 0 Å². The van der Waals surface area contributed by atoms with Crippen LogP contribution in [0, 0.1) is 0 Å². The van der Waals surface area contributed by atoms with E-state index < -0.39 is 0 Å². The maximum Gasteiger partial charge on any atom is 0.272 e. The SMILES string of the molecule is COc1cccc(/C=N/NC(=O)c2cccnc2)c1. The average Bonchev–Trinajstić information content (AvgIpc) is 2.48. The van der Waals surface area contributed by atoms with E-state index in [0.29, 0.717) is 5.56 Å². The smallest absolute Gasteiger partial charge is 0.272 e. The van der Waals surface area contributed by atoms with Gasteiger partial charge >= 0.3 is 0 Å². The molecule has 2 aromatic rings. The van der Waals surface area contributed by atoms with Crippen molar-refractivity contribution in [2.45, 2.75) is 0 Å². The predicted octanol–water partition coefficient (Wildman–Crippen LogP) is 1.85. The molecule has 0 atom stereocenters. The monoisotopic (exact) mass is 255 g/mol. The molecule has 1 amide bonds. The number of carbonyl (C=O) groups excluding carboxylic acids is 1. The Kier molecular flexibility index (Phi) is 4.23. The number of rotatable bonds is 4. The molecule has 1 N–H and O–H groups in total. The lowest BCUT2D eigenvalue weighted by Crippen LogP contribution is -2.17. The molecule has 1 aromatic carbocycles. The molecule has 19 heavy (non-hydrogen) atoms. The second-order valence-corrected chi connectivity index (χ2v) is 3.72. The molecule has 0 saturated heterocycles. The third-order valence-corrected chi connectivity index (χ3v) is 2.40. The minimum Gasteiger partial charge on any atom is -0.497 e. The standard InChI is InChI=1S/C14H13N3O2/c1-19-13-6-2-4-11(8-13)9-16-17-14(18)12-5-3-7-15-10-12/h2-10H,1H3,(H,17,18)/b16-9+. The molecule has 0 aliphatic rings. The lowest BCUT2D eigenvalue weighted by molar-refractivity contribution is 0.0955. The molecule has 0 aliphatic heterocycles. The molecule has 0 spiro atoms. The summed E-state index contributed by atoms with van der Waals surface area (Å²) in [6.45, 7) is 0. The summed E-state index contributed by atoms with van der Waals surface area (Å²) in [7, 11) is 1.60. The van der Waals surface area contributed by atoms with Crippen LogP contribution in [0.5, 0.6) is 5.75 Å². The molecule has 2 rings (SSSR count). The zero-order chi connectivity index (χ0) is 13.5. The minimum atomic E-state index is -0.299. The topological polar surface area (TPSA) is 63.6 Å². The predicted molar refractivity (Wildman–Crippen MR) is 72.3 cm³/mol. The van der Waals surface area contributed by atoms with E-state index >= 15 is 0 Å². The number of carbonyl (C=O) groups is 1. The van der Waals surface area contributed by atoms with Gasteiger partial charge in [0.25, 0.3) is 5.91 Å². The first-order chi connectivity index (χ1) is 9.29. The lowest BCUT2D eigenvalue weighted by Gasteiger charge is -2.00. The number of benzene rings is 1. The van der Waals surface area contributed by atoms with Crippen molar-refractivity contribution in [2.75, 3.05) is 7.11 Å². The number of amides is 1. The third kappa shape index (κ3) is 3.64. The van der Waals surface area contributed by atoms with Gasteiger partial charge in [0.05, 0.1) is 18.9 Å². The number of pyridine rings is 1. The summed E-state index contributed by atoms with van der Waals surface area (Å²) in [5, 5.41) is 3.89. The average molecular weight is 255 g/mol. The quantitative estimate of drug-likeness (QED) is 0.670. The third-order valence-electron chi connectivity index (χ3n) is 2.40. The van der Waals surface area contributed by atoms with Crippen molar-refractivity contribution < 1.29 is 9.53 Å². The van der Waals surface area contributed by atoms with Crippen LogP contribution in [0.25, 0.3) is 0 Å². The summed E-state index contributed by atoms with van der Waals surface area (Å²) < 4.78 is 5.09. The summed E-state index contributed by atoms with van der Waals surface area (Å²) in [6, 6.07) is 10.7. The van der Waals surface area contributed by atoms with E-state index in [-0.39, 0.29) is 5.91 Å². The van der Waals surface area contributed by atoms with E-state index in [0.717, 1.165) is 11.3 Å². The Labute approximate surface area is 110 Å². The van der Waals surface area contributed by atoms with Crippen molar-refractivity contribution in [1.82, 2.24) is 10.4 Å². The van der Waals surface area contributed by atoms with Crippen molar-refractivity contribution in [2.24, 2.45) is 5.10 Å². The molecule has 0 aliphatic carbocycles. The fourth-order valence-electron chi connectivity index (χ4n) is 1.45. The van der Waals surface area contributed by atoms with Crippen LogP contribution in [0.4, 0.5) is 0 Å². The van der Waals surface area contributed by atoms with Gasteiger partial charge in [-0.1, -0.05) is 12.1 Å². The Morgan fingerprint density at radius 2 is 2.26 bits per heavy atom. The summed E-state index contributed by atoms with van der Waals surface area (Å²) in [6.07, 6.45) is 4.64. The van der Waals surface area contributed by atoms with Gasteiger partial charge in [0.2, 0.25) is 0 Å². The molecule has 0 fully saturated rings. The Bertz CT molecular complexity index is 582. The minimum absolute atomic E-state index is 0.299. The fraction of sp³-hybridized carbons (Fsp3) is 0.0714.